The number of sulfonamides is 1. The van der Waals surface area contributed by atoms with Gasteiger partial charge in [0.15, 0.2) is 0 Å². The number of carbonyl (C=O) groups is 2. The molecule has 0 aliphatic heterocycles. The highest BCUT2D eigenvalue weighted by Crippen LogP contribution is 2.19. The molecule has 0 unspecified atom stereocenters. The zero-order chi connectivity index (χ0) is 25.3. The second kappa shape index (κ2) is 12.5. The van der Waals surface area contributed by atoms with E-state index in [0.29, 0.717) is 12.2 Å². The van der Waals surface area contributed by atoms with Crippen molar-refractivity contribution >= 4 is 27.5 Å². The summed E-state index contributed by atoms with van der Waals surface area (Å²) in [6, 6.07) is 12.2. The van der Waals surface area contributed by atoms with Gasteiger partial charge in [0.25, 0.3) is 0 Å². The van der Waals surface area contributed by atoms with Crippen LogP contribution in [0.1, 0.15) is 44.2 Å². The standard InChI is InChI=1S/C25H34FN3O4S/c1-5-16-27-25(31)20(3)28(18-21-10-8-19(2)9-11-21)24(30)7-6-17-29(34(4,32)33)23-14-12-22(26)13-15-23/h8-15,20H,5-7,16-18H2,1-4H3,(H,27,31)/t20-/m1/s1. The van der Waals surface area contributed by atoms with Gasteiger partial charge >= 0.3 is 0 Å². The molecule has 0 fully saturated rings. The number of nitrogens with zero attached hydrogens (tertiary/aromatic N) is 2. The number of aryl methyl sites for hydroxylation is 1. The highest BCUT2D eigenvalue weighted by Gasteiger charge is 2.26. The average molecular weight is 492 g/mol. The fraction of sp³-hybridized carbons (Fsp3) is 0.440. The lowest BCUT2D eigenvalue weighted by atomic mass is 10.1. The van der Waals surface area contributed by atoms with E-state index in [-0.39, 0.29) is 37.7 Å². The normalized spacial score (nSPS) is 12.1. The Hall–Kier alpha value is -2.94. The molecular weight excluding hydrogens is 457 g/mol. The Morgan fingerprint density at radius 3 is 2.24 bits per heavy atom. The van der Waals surface area contributed by atoms with Crippen molar-refractivity contribution in [1.82, 2.24) is 10.2 Å². The average Bonchev–Trinajstić information content (AvgIpc) is 2.79. The number of halogens is 1. The van der Waals surface area contributed by atoms with E-state index in [1.54, 1.807) is 6.92 Å². The summed E-state index contributed by atoms with van der Waals surface area (Å²) in [5, 5.41) is 2.83. The molecule has 2 aromatic carbocycles. The van der Waals surface area contributed by atoms with Crippen molar-refractivity contribution < 1.29 is 22.4 Å². The van der Waals surface area contributed by atoms with Crippen molar-refractivity contribution in [3.05, 3.63) is 65.5 Å². The topological polar surface area (TPSA) is 86.8 Å². The minimum absolute atomic E-state index is 0.0600. The lowest BCUT2D eigenvalue weighted by Crippen LogP contribution is -2.47. The Morgan fingerprint density at radius 2 is 1.68 bits per heavy atom. The zero-order valence-corrected chi connectivity index (χ0v) is 21.1. The number of benzene rings is 2. The summed E-state index contributed by atoms with van der Waals surface area (Å²) in [4.78, 5) is 27.3. The van der Waals surface area contributed by atoms with E-state index in [9.17, 15) is 22.4 Å². The van der Waals surface area contributed by atoms with Crippen LogP contribution in [0.15, 0.2) is 48.5 Å². The summed E-state index contributed by atoms with van der Waals surface area (Å²) in [6.45, 7) is 6.48. The van der Waals surface area contributed by atoms with Gasteiger partial charge in [-0.25, -0.2) is 12.8 Å². The fourth-order valence-electron chi connectivity index (χ4n) is 3.48. The highest BCUT2D eigenvalue weighted by molar-refractivity contribution is 7.92. The van der Waals surface area contributed by atoms with Crippen LogP contribution in [0.3, 0.4) is 0 Å². The first kappa shape index (κ1) is 27.3. The Bertz CT molecular complexity index is 1060. The summed E-state index contributed by atoms with van der Waals surface area (Å²) < 4.78 is 39.0. The van der Waals surface area contributed by atoms with Gasteiger partial charge in [0.1, 0.15) is 11.9 Å². The van der Waals surface area contributed by atoms with Gasteiger partial charge in [-0.05, 0) is 56.5 Å². The van der Waals surface area contributed by atoms with E-state index in [2.05, 4.69) is 5.32 Å². The molecule has 9 heteroatoms. The summed E-state index contributed by atoms with van der Waals surface area (Å²) in [5.41, 5.74) is 2.33. The first-order valence-corrected chi connectivity index (χ1v) is 13.2. The van der Waals surface area contributed by atoms with Crippen molar-refractivity contribution in [3.63, 3.8) is 0 Å². The van der Waals surface area contributed by atoms with Gasteiger partial charge in [-0.1, -0.05) is 36.8 Å². The maximum Gasteiger partial charge on any atom is 0.242 e. The van der Waals surface area contributed by atoms with Gasteiger partial charge in [0.2, 0.25) is 21.8 Å². The van der Waals surface area contributed by atoms with Crippen LogP contribution < -0.4 is 9.62 Å². The largest absolute Gasteiger partial charge is 0.354 e. The molecule has 1 atom stereocenters. The van der Waals surface area contributed by atoms with Crippen LogP contribution in [-0.2, 0) is 26.2 Å². The molecule has 7 nitrogen and oxygen atoms in total. The monoisotopic (exact) mass is 491 g/mol. The van der Waals surface area contributed by atoms with Gasteiger partial charge in [0, 0.05) is 26.1 Å². The van der Waals surface area contributed by atoms with Crippen LogP contribution in [0, 0.1) is 12.7 Å². The SMILES string of the molecule is CCCNC(=O)[C@@H](C)N(Cc1ccc(C)cc1)C(=O)CCCN(c1ccc(F)cc1)S(C)(=O)=O. The number of amides is 2. The van der Waals surface area contributed by atoms with Crippen LogP contribution in [0.25, 0.3) is 0 Å². The highest BCUT2D eigenvalue weighted by atomic mass is 32.2. The number of anilines is 1. The van der Waals surface area contributed by atoms with Crippen molar-refractivity contribution in [2.24, 2.45) is 0 Å². The molecule has 2 aromatic rings. The number of hydrogen-bond donors (Lipinski definition) is 1. The summed E-state index contributed by atoms with van der Waals surface area (Å²) in [6.07, 6.45) is 2.17. The predicted molar refractivity (Wildman–Crippen MR) is 132 cm³/mol. The minimum atomic E-state index is -3.62. The summed E-state index contributed by atoms with van der Waals surface area (Å²) >= 11 is 0. The van der Waals surface area contributed by atoms with Gasteiger partial charge < -0.3 is 10.2 Å². The smallest absolute Gasteiger partial charge is 0.242 e. The maximum atomic E-state index is 13.3. The third-order valence-electron chi connectivity index (χ3n) is 5.46. The van der Waals surface area contributed by atoms with Crippen molar-refractivity contribution in [1.29, 1.82) is 0 Å². The molecule has 186 valence electrons. The number of rotatable bonds is 12. The molecule has 2 amide bonds. The molecule has 0 radical (unpaired) electrons. The molecule has 0 aromatic heterocycles. The zero-order valence-electron chi connectivity index (χ0n) is 20.3. The molecular formula is C25H34FN3O4S. The Morgan fingerprint density at radius 1 is 1.06 bits per heavy atom. The maximum absolute atomic E-state index is 13.3. The molecule has 1 N–H and O–H groups in total. The van der Waals surface area contributed by atoms with Gasteiger partial charge in [0.05, 0.1) is 11.9 Å². The van der Waals surface area contributed by atoms with Gasteiger partial charge in [-0.2, -0.15) is 0 Å². The number of nitrogens with one attached hydrogen (secondary N) is 1. The van der Waals surface area contributed by atoms with E-state index < -0.39 is 21.9 Å². The molecule has 0 aliphatic carbocycles. The molecule has 0 heterocycles. The van der Waals surface area contributed by atoms with Crippen LogP contribution in [-0.4, -0.2) is 50.5 Å². The lowest BCUT2D eigenvalue weighted by Gasteiger charge is -2.29. The molecule has 0 bridgehead atoms. The van der Waals surface area contributed by atoms with Crippen molar-refractivity contribution in [2.45, 2.75) is 52.6 Å². The number of carbonyl (C=O) groups excluding carboxylic acids is 2. The summed E-state index contributed by atoms with van der Waals surface area (Å²) in [7, 11) is -3.62. The second-order valence-corrected chi connectivity index (χ2v) is 10.3. The van der Waals surface area contributed by atoms with E-state index in [0.717, 1.165) is 28.1 Å². The van der Waals surface area contributed by atoms with Crippen molar-refractivity contribution in [3.8, 4) is 0 Å². The van der Waals surface area contributed by atoms with Crippen LogP contribution in [0.5, 0.6) is 0 Å². The molecule has 0 saturated heterocycles. The van der Waals surface area contributed by atoms with Crippen molar-refractivity contribution in [2.75, 3.05) is 23.7 Å². The summed E-state index contributed by atoms with van der Waals surface area (Å²) in [5.74, 6) is -0.937. The van der Waals surface area contributed by atoms with Gasteiger partial charge in [-0.3, -0.25) is 13.9 Å². The Labute approximate surface area is 202 Å². The minimum Gasteiger partial charge on any atom is -0.354 e. The van der Waals surface area contributed by atoms with E-state index >= 15 is 0 Å². The second-order valence-electron chi connectivity index (χ2n) is 8.39. The van der Waals surface area contributed by atoms with E-state index in [4.69, 9.17) is 0 Å². The first-order valence-electron chi connectivity index (χ1n) is 11.4. The molecule has 0 saturated carbocycles. The molecule has 0 aliphatic rings. The fourth-order valence-corrected chi connectivity index (χ4v) is 4.45. The third kappa shape index (κ3) is 8.13. The van der Waals surface area contributed by atoms with E-state index in [1.807, 2.05) is 38.1 Å². The third-order valence-corrected chi connectivity index (χ3v) is 6.65. The van der Waals surface area contributed by atoms with Crippen LogP contribution in [0.2, 0.25) is 0 Å². The molecule has 34 heavy (non-hydrogen) atoms. The van der Waals surface area contributed by atoms with Crippen LogP contribution >= 0.6 is 0 Å². The van der Waals surface area contributed by atoms with Crippen LogP contribution in [0.4, 0.5) is 10.1 Å². The Kier molecular flexibility index (Phi) is 10.0. The number of hydrogen-bond acceptors (Lipinski definition) is 4. The quantitative estimate of drug-likeness (QED) is 0.491. The first-order chi connectivity index (χ1) is 16.0. The van der Waals surface area contributed by atoms with Gasteiger partial charge in [-0.15, -0.1) is 0 Å². The predicted octanol–water partition coefficient (Wildman–Crippen LogP) is 3.62. The van der Waals surface area contributed by atoms with E-state index in [1.165, 1.54) is 29.2 Å². The molecule has 2 rings (SSSR count). The Balaban J connectivity index is 2.13. The molecule has 0 spiro atoms. The lowest BCUT2D eigenvalue weighted by molar-refractivity contribution is -0.140.